The molecule has 2 amide bonds. The van der Waals surface area contributed by atoms with Gasteiger partial charge in [-0.05, 0) is 31.2 Å². The van der Waals surface area contributed by atoms with Gasteiger partial charge in [-0.15, -0.1) is 11.3 Å². The van der Waals surface area contributed by atoms with Crippen molar-refractivity contribution < 1.29 is 9.53 Å². The maximum Gasteiger partial charge on any atom is 0.332 e. The highest BCUT2D eigenvalue weighted by atomic mass is 32.1. The molecule has 3 fully saturated rings. The summed E-state index contributed by atoms with van der Waals surface area (Å²) >= 11 is 1.49. The number of aromatic nitrogens is 2. The van der Waals surface area contributed by atoms with Gasteiger partial charge in [0.05, 0.1) is 18.5 Å². The maximum absolute atomic E-state index is 13.4. The van der Waals surface area contributed by atoms with E-state index in [1.54, 1.807) is 16.5 Å². The van der Waals surface area contributed by atoms with E-state index >= 15 is 0 Å². The molecule has 3 atom stereocenters. The molecule has 8 nitrogen and oxygen atoms in total. The molecule has 5 rings (SSSR count). The minimum absolute atomic E-state index is 0.00274. The standard InChI is InChI=1S/C21H28N4O4S/c1-12-8-15(12)25-18(26)17-13(2)16(10-23-6-5-22(3)20(23)27)30-19(17)24(21(25)28)9-14-4-7-29-11-14/h12,14-15H,4-11H2,1-3H3. The number of aryl methyl sites for hydroxylation is 1. The van der Waals surface area contributed by atoms with Gasteiger partial charge in [0.2, 0.25) is 0 Å². The van der Waals surface area contributed by atoms with Crippen molar-refractivity contribution in [3.8, 4) is 0 Å². The second kappa shape index (κ2) is 7.23. The van der Waals surface area contributed by atoms with Crippen LogP contribution in [0.5, 0.6) is 0 Å². The Kier molecular flexibility index (Phi) is 4.77. The van der Waals surface area contributed by atoms with Crippen molar-refractivity contribution in [1.82, 2.24) is 18.9 Å². The number of urea groups is 1. The van der Waals surface area contributed by atoms with Crippen molar-refractivity contribution in [2.75, 3.05) is 33.4 Å². The van der Waals surface area contributed by atoms with Gasteiger partial charge in [-0.2, -0.15) is 0 Å². The number of nitrogens with zero attached hydrogens (tertiary/aromatic N) is 4. The van der Waals surface area contributed by atoms with E-state index in [2.05, 4.69) is 6.92 Å². The fourth-order valence-electron chi connectivity index (χ4n) is 4.69. The van der Waals surface area contributed by atoms with Crippen LogP contribution < -0.4 is 11.2 Å². The van der Waals surface area contributed by atoms with Crippen molar-refractivity contribution in [2.45, 2.75) is 45.8 Å². The number of rotatable bonds is 5. The van der Waals surface area contributed by atoms with Crippen LogP contribution in [0.15, 0.2) is 9.59 Å². The summed E-state index contributed by atoms with van der Waals surface area (Å²) in [5.74, 6) is 0.639. The molecule has 2 aliphatic heterocycles. The monoisotopic (exact) mass is 432 g/mol. The number of fused-ring (bicyclic) bond motifs is 1. The zero-order valence-electron chi connectivity index (χ0n) is 17.7. The Hall–Kier alpha value is -2.13. The van der Waals surface area contributed by atoms with E-state index in [1.807, 2.05) is 11.8 Å². The highest BCUT2D eigenvalue weighted by Gasteiger charge is 2.38. The fourth-order valence-corrected chi connectivity index (χ4v) is 6.00. The summed E-state index contributed by atoms with van der Waals surface area (Å²) in [6.45, 7) is 7.85. The zero-order valence-corrected chi connectivity index (χ0v) is 18.5. The van der Waals surface area contributed by atoms with Crippen LogP contribution in [0.3, 0.4) is 0 Å². The summed E-state index contributed by atoms with van der Waals surface area (Å²) in [7, 11) is 1.80. The first kappa shape index (κ1) is 19.8. The topological polar surface area (TPSA) is 76.8 Å². The molecule has 3 aliphatic rings. The number of likely N-dealkylation sites (N-methyl/N-ethyl adjacent to an activating group) is 1. The predicted octanol–water partition coefficient (Wildman–Crippen LogP) is 2.02. The molecule has 162 valence electrons. The van der Waals surface area contributed by atoms with Gasteiger partial charge in [-0.3, -0.25) is 13.9 Å². The van der Waals surface area contributed by atoms with E-state index in [0.717, 1.165) is 34.7 Å². The summed E-state index contributed by atoms with van der Waals surface area (Å²) in [6, 6.07) is 0.00797. The lowest BCUT2D eigenvalue weighted by Gasteiger charge is -2.15. The number of carbonyl (C=O) groups is 1. The van der Waals surface area contributed by atoms with E-state index in [4.69, 9.17) is 4.74 Å². The Morgan fingerprint density at radius 3 is 2.57 bits per heavy atom. The van der Waals surface area contributed by atoms with Crippen LogP contribution in [0.1, 0.15) is 36.2 Å². The van der Waals surface area contributed by atoms with Gasteiger partial charge in [0.15, 0.2) is 0 Å². The number of hydrogen-bond donors (Lipinski definition) is 0. The molecule has 1 aliphatic carbocycles. The summed E-state index contributed by atoms with van der Waals surface area (Å²) in [5.41, 5.74) is 0.535. The van der Waals surface area contributed by atoms with Crippen LogP contribution in [0.4, 0.5) is 4.79 Å². The first-order valence-corrected chi connectivity index (χ1v) is 11.5. The van der Waals surface area contributed by atoms with Gasteiger partial charge in [-0.25, -0.2) is 9.59 Å². The van der Waals surface area contributed by atoms with Gasteiger partial charge in [0.1, 0.15) is 4.83 Å². The first-order valence-electron chi connectivity index (χ1n) is 10.7. The average molecular weight is 433 g/mol. The van der Waals surface area contributed by atoms with Gasteiger partial charge in [0.25, 0.3) is 5.56 Å². The van der Waals surface area contributed by atoms with Crippen LogP contribution >= 0.6 is 11.3 Å². The van der Waals surface area contributed by atoms with Crippen LogP contribution in [0, 0.1) is 18.8 Å². The lowest BCUT2D eigenvalue weighted by Crippen LogP contribution is -2.40. The van der Waals surface area contributed by atoms with E-state index in [9.17, 15) is 14.4 Å². The van der Waals surface area contributed by atoms with Crippen molar-refractivity contribution >= 4 is 27.6 Å². The Morgan fingerprint density at radius 1 is 1.20 bits per heavy atom. The molecule has 0 spiro atoms. The second-order valence-corrected chi connectivity index (χ2v) is 10.1. The largest absolute Gasteiger partial charge is 0.381 e. The summed E-state index contributed by atoms with van der Waals surface area (Å²) in [5, 5.41) is 0.646. The molecule has 2 aromatic rings. The third-order valence-electron chi connectivity index (χ3n) is 6.84. The molecule has 4 heterocycles. The van der Waals surface area contributed by atoms with Crippen LogP contribution in [-0.4, -0.2) is 58.3 Å². The van der Waals surface area contributed by atoms with Crippen molar-refractivity contribution in [2.24, 2.45) is 11.8 Å². The molecule has 0 aromatic carbocycles. The second-order valence-electron chi connectivity index (χ2n) is 9.03. The van der Waals surface area contributed by atoms with E-state index in [-0.39, 0.29) is 29.2 Å². The molecular formula is C21H28N4O4S. The zero-order chi connectivity index (χ0) is 21.2. The van der Waals surface area contributed by atoms with Gasteiger partial charge in [-0.1, -0.05) is 6.92 Å². The molecule has 1 saturated carbocycles. The SMILES string of the molecule is Cc1c(CN2CCN(C)C2=O)sc2c1c(=O)n(C1CC1C)c(=O)n2CC1CCOC1. The Bertz CT molecular complexity index is 1130. The van der Waals surface area contributed by atoms with Gasteiger partial charge >= 0.3 is 11.7 Å². The molecule has 2 saturated heterocycles. The highest BCUT2D eigenvalue weighted by Crippen LogP contribution is 2.41. The number of amides is 2. The normalized spacial score (nSPS) is 26.4. The Morgan fingerprint density at radius 2 is 1.97 bits per heavy atom. The summed E-state index contributed by atoms with van der Waals surface area (Å²) in [6.07, 6.45) is 1.80. The average Bonchev–Trinajstić information content (AvgIpc) is 3.04. The molecule has 30 heavy (non-hydrogen) atoms. The van der Waals surface area contributed by atoms with Crippen molar-refractivity contribution in [3.63, 3.8) is 0 Å². The molecule has 0 bridgehead atoms. The molecule has 3 unspecified atom stereocenters. The first-order chi connectivity index (χ1) is 14.4. The fraction of sp³-hybridized carbons (Fsp3) is 0.667. The lowest BCUT2D eigenvalue weighted by atomic mass is 10.1. The van der Waals surface area contributed by atoms with Crippen LogP contribution in [-0.2, 0) is 17.8 Å². The van der Waals surface area contributed by atoms with E-state index in [1.165, 1.54) is 15.9 Å². The van der Waals surface area contributed by atoms with Crippen LogP contribution in [0.2, 0.25) is 0 Å². The van der Waals surface area contributed by atoms with E-state index in [0.29, 0.717) is 44.1 Å². The summed E-state index contributed by atoms with van der Waals surface area (Å²) < 4.78 is 8.82. The quantitative estimate of drug-likeness (QED) is 0.724. The Balaban J connectivity index is 1.63. The minimum Gasteiger partial charge on any atom is -0.381 e. The smallest absolute Gasteiger partial charge is 0.332 e. The minimum atomic E-state index is -0.196. The summed E-state index contributed by atoms with van der Waals surface area (Å²) in [4.78, 5) is 44.4. The third-order valence-corrected chi connectivity index (χ3v) is 8.14. The number of carbonyl (C=O) groups excluding carboxylic acids is 1. The molecule has 0 radical (unpaired) electrons. The van der Waals surface area contributed by atoms with Crippen molar-refractivity contribution in [3.05, 3.63) is 31.3 Å². The molecular weight excluding hydrogens is 404 g/mol. The molecule has 2 aromatic heterocycles. The van der Waals surface area contributed by atoms with Gasteiger partial charge in [0, 0.05) is 50.1 Å². The van der Waals surface area contributed by atoms with E-state index < -0.39 is 0 Å². The van der Waals surface area contributed by atoms with Crippen molar-refractivity contribution in [1.29, 1.82) is 0 Å². The lowest BCUT2D eigenvalue weighted by molar-refractivity contribution is 0.182. The third kappa shape index (κ3) is 3.10. The van der Waals surface area contributed by atoms with Crippen LogP contribution in [0.25, 0.3) is 10.2 Å². The highest BCUT2D eigenvalue weighted by molar-refractivity contribution is 7.18. The predicted molar refractivity (Wildman–Crippen MR) is 115 cm³/mol. The maximum atomic E-state index is 13.4. The van der Waals surface area contributed by atoms with Gasteiger partial charge < -0.3 is 14.5 Å². The number of ether oxygens (including phenoxy) is 1. The molecule has 9 heteroatoms. The number of hydrogen-bond acceptors (Lipinski definition) is 5. The number of thiophene rings is 1. The Labute approximate surface area is 178 Å². The molecule has 0 N–H and O–H groups in total.